The van der Waals surface area contributed by atoms with Crippen LogP contribution >= 0.6 is 0 Å². The van der Waals surface area contributed by atoms with Gasteiger partial charge in [0.2, 0.25) is 0 Å². The van der Waals surface area contributed by atoms with Gasteiger partial charge in [0.15, 0.2) is 0 Å². The Morgan fingerprint density at radius 1 is 1.28 bits per heavy atom. The van der Waals surface area contributed by atoms with Crippen LogP contribution in [0.5, 0.6) is 0 Å². The highest BCUT2D eigenvalue weighted by Gasteiger charge is 2.35. The van der Waals surface area contributed by atoms with Gasteiger partial charge in [0.05, 0.1) is 13.0 Å². The molecule has 1 aliphatic rings. The average Bonchev–Trinajstić information content (AvgIpc) is 2.26. The summed E-state index contributed by atoms with van der Waals surface area (Å²) in [6.45, 7) is 8.50. The van der Waals surface area contributed by atoms with E-state index >= 15 is 0 Å². The summed E-state index contributed by atoms with van der Waals surface area (Å²) in [5.74, 6) is -0.275. The zero-order valence-electron chi connectivity index (χ0n) is 11.9. The van der Waals surface area contributed by atoms with Crippen molar-refractivity contribution < 1.29 is 19.1 Å². The number of ether oxygens (including phenoxy) is 2. The van der Waals surface area contributed by atoms with E-state index in [-0.39, 0.29) is 23.9 Å². The topological polar surface area (TPSA) is 55.8 Å². The predicted molar refractivity (Wildman–Crippen MR) is 67.1 cm³/mol. The molecule has 0 N–H and O–H groups in total. The van der Waals surface area contributed by atoms with Gasteiger partial charge in [-0.2, -0.15) is 0 Å². The smallest absolute Gasteiger partial charge is 0.410 e. The average molecular weight is 257 g/mol. The van der Waals surface area contributed by atoms with E-state index in [1.165, 1.54) is 7.11 Å². The maximum Gasteiger partial charge on any atom is 0.410 e. The molecule has 0 aromatic rings. The number of rotatable bonds is 1. The fourth-order valence-electron chi connectivity index (χ4n) is 2.02. The molecule has 0 unspecified atom stereocenters. The lowest BCUT2D eigenvalue weighted by Crippen LogP contribution is -2.47. The molecule has 1 fully saturated rings. The Balaban J connectivity index is 2.64. The van der Waals surface area contributed by atoms with Gasteiger partial charge in [-0.3, -0.25) is 4.79 Å². The monoisotopic (exact) mass is 257 g/mol. The first kappa shape index (κ1) is 14.8. The Hall–Kier alpha value is -1.26. The lowest BCUT2D eigenvalue weighted by molar-refractivity contribution is -0.149. The van der Waals surface area contributed by atoms with E-state index in [9.17, 15) is 9.59 Å². The number of carbonyl (C=O) groups excluding carboxylic acids is 2. The van der Waals surface area contributed by atoms with Crippen LogP contribution in [0.15, 0.2) is 0 Å². The van der Waals surface area contributed by atoms with E-state index < -0.39 is 5.60 Å². The van der Waals surface area contributed by atoms with Crippen LogP contribution < -0.4 is 0 Å². The quantitative estimate of drug-likeness (QED) is 0.675. The normalized spacial score (nSPS) is 24.6. The summed E-state index contributed by atoms with van der Waals surface area (Å²) in [6.07, 6.45) is 0.433. The molecule has 0 radical (unpaired) electrons. The van der Waals surface area contributed by atoms with Crippen LogP contribution in [0.25, 0.3) is 0 Å². The number of hydrogen-bond donors (Lipinski definition) is 0. The molecule has 18 heavy (non-hydrogen) atoms. The summed E-state index contributed by atoms with van der Waals surface area (Å²) in [7, 11) is 1.38. The Morgan fingerprint density at radius 2 is 1.89 bits per heavy atom. The summed E-state index contributed by atoms with van der Waals surface area (Å²) in [5, 5.41) is 0. The van der Waals surface area contributed by atoms with Crippen molar-refractivity contribution in [3.05, 3.63) is 0 Å². The van der Waals surface area contributed by atoms with E-state index in [1.807, 2.05) is 27.7 Å². The number of piperidine rings is 1. The highest BCUT2D eigenvalue weighted by molar-refractivity contribution is 5.75. The molecule has 0 aliphatic carbocycles. The second-order valence-electron chi connectivity index (χ2n) is 5.82. The Morgan fingerprint density at radius 3 is 2.39 bits per heavy atom. The first-order valence-corrected chi connectivity index (χ1v) is 6.30. The van der Waals surface area contributed by atoms with E-state index in [0.29, 0.717) is 13.1 Å². The van der Waals surface area contributed by atoms with E-state index in [2.05, 4.69) is 0 Å². The molecule has 0 saturated carbocycles. The number of carbonyl (C=O) groups is 2. The van der Waals surface area contributed by atoms with E-state index in [1.54, 1.807) is 4.90 Å². The fourth-order valence-corrected chi connectivity index (χ4v) is 2.02. The first-order valence-electron chi connectivity index (χ1n) is 6.30. The van der Waals surface area contributed by atoms with Gasteiger partial charge < -0.3 is 14.4 Å². The molecule has 1 saturated heterocycles. The van der Waals surface area contributed by atoms with E-state index in [0.717, 1.165) is 6.42 Å². The number of methoxy groups -OCH3 is 1. The van der Waals surface area contributed by atoms with Crippen molar-refractivity contribution >= 4 is 12.1 Å². The molecule has 0 spiro atoms. The standard InChI is InChI=1S/C13H23NO4/c1-9-6-7-14(8-10(9)11(15)17-5)12(16)18-13(2,3)4/h9-10H,6-8H2,1-5H3/t9-,10+/m1/s1. The largest absolute Gasteiger partial charge is 0.469 e. The maximum atomic E-state index is 11.9. The fraction of sp³-hybridized carbons (Fsp3) is 0.846. The summed E-state index contributed by atoms with van der Waals surface area (Å²) in [6, 6.07) is 0. The number of hydrogen-bond acceptors (Lipinski definition) is 4. The van der Waals surface area contributed by atoms with Gasteiger partial charge in [-0.05, 0) is 33.1 Å². The third-order valence-corrected chi connectivity index (χ3v) is 3.11. The van der Waals surface area contributed by atoms with Crippen molar-refractivity contribution in [2.24, 2.45) is 11.8 Å². The maximum absolute atomic E-state index is 11.9. The van der Waals surface area contributed by atoms with Crippen LogP contribution in [0.2, 0.25) is 0 Å². The Kier molecular flexibility index (Phi) is 4.59. The number of esters is 1. The van der Waals surface area contributed by atoms with Crippen molar-refractivity contribution in [1.82, 2.24) is 4.90 Å². The third-order valence-electron chi connectivity index (χ3n) is 3.11. The molecule has 2 atom stereocenters. The predicted octanol–water partition coefficient (Wildman–Crippen LogP) is 2.05. The second-order valence-corrected chi connectivity index (χ2v) is 5.82. The van der Waals surface area contributed by atoms with Gasteiger partial charge >= 0.3 is 12.1 Å². The van der Waals surface area contributed by atoms with Crippen LogP contribution in [0.4, 0.5) is 4.79 Å². The second kappa shape index (κ2) is 5.59. The molecule has 5 heteroatoms. The van der Waals surface area contributed by atoms with Gasteiger partial charge in [-0.1, -0.05) is 6.92 Å². The van der Waals surface area contributed by atoms with Crippen LogP contribution in [-0.2, 0) is 14.3 Å². The minimum atomic E-state index is -0.513. The summed E-state index contributed by atoms with van der Waals surface area (Å²) >= 11 is 0. The van der Waals surface area contributed by atoms with Crippen molar-refractivity contribution in [2.75, 3.05) is 20.2 Å². The van der Waals surface area contributed by atoms with Crippen LogP contribution in [0.1, 0.15) is 34.1 Å². The van der Waals surface area contributed by atoms with Crippen molar-refractivity contribution in [1.29, 1.82) is 0 Å². The van der Waals surface area contributed by atoms with Crippen molar-refractivity contribution in [3.63, 3.8) is 0 Å². The molecule has 1 heterocycles. The van der Waals surface area contributed by atoms with Crippen molar-refractivity contribution in [3.8, 4) is 0 Å². The number of nitrogens with zero attached hydrogens (tertiary/aromatic N) is 1. The SMILES string of the molecule is COC(=O)[C@H]1CN(C(=O)OC(C)(C)C)CC[C@H]1C. The van der Waals surface area contributed by atoms with Crippen LogP contribution in [0.3, 0.4) is 0 Å². The van der Waals surface area contributed by atoms with Gasteiger partial charge in [0.25, 0.3) is 0 Å². The van der Waals surface area contributed by atoms with Gasteiger partial charge in [0, 0.05) is 13.1 Å². The number of amides is 1. The highest BCUT2D eigenvalue weighted by atomic mass is 16.6. The molecule has 1 rings (SSSR count). The molecule has 0 aromatic heterocycles. The summed E-state index contributed by atoms with van der Waals surface area (Å²) in [5.41, 5.74) is -0.513. The van der Waals surface area contributed by atoms with Crippen LogP contribution in [0, 0.1) is 11.8 Å². The minimum absolute atomic E-state index is 0.233. The molecule has 104 valence electrons. The third kappa shape index (κ3) is 3.89. The lowest BCUT2D eigenvalue weighted by atomic mass is 9.87. The van der Waals surface area contributed by atoms with Gasteiger partial charge in [0.1, 0.15) is 5.60 Å². The Labute approximate surface area is 108 Å². The van der Waals surface area contributed by atoms with E-state index in [4.69, 9.17) is 9.47 Å². The summed E-state index contributed by atoms with van der Waals surface area (Å²) < 4.78 is 10.1. The first-order chi connectivity index (χ1) is 8.24. The number of likely N-dealkylation sites (tertiary alicyclic amines) is 1. The molecular formula is C13H23NO4. The molecule has 5 nitrogen and oxygen atoms in total. The molecule has 0 aromatic carbocycles. The molecule has 0 bridgehead atoms. The van der Waals surface area contributed by atoms with Gasteiger partial charge in [-0.15, -0.1) is 0 Å². The molecule has 1 amide bonds. The van der Waals surface area contributed by atoms with Crippen LogP contribution in [-0.4, -0.2) is 42.8 Å². The van der Waals surface area contributed by atoms with Gasteiger partial charge in [-0.25, -0.2) is 4.79 Å². The zero-order valence-corrected chi connectivity index (χ0v) is 11.9. The highest BCUT2D eigenvalue weighted by Crippen LogP contribution is 2.25. The minimum Gasteiger partial charge on any atom is -0.469 e. The van der Waals surface area contributed by atoms with Crippen molar-refractivity contribution in [2.45, 2.75) is 39.7 Å². The Bertz CT molecular complexity index is 321. The molecular weight excluding hydrogens is 234 g/mol. The molecule has 1 aliphatic heterocycles. The zero-order chi connectivity index (χ0) is 13.9. The lowest BCUT2D eigenvalue weighted by Gasteiger charge is -2.36. The summed E-state index contributed by atoms with van der Waals surface area (Å²) in [4.78, 5) is 25.1.